The van der Waals surface area contributed by atoms with Crippen LogP contribution >= 0.6 is 23.3 Å². The zero-order chi connectivity index (χ0) is 13.1. The van der Waals surface area contributed by atoms with Crippen LogP contribution in [0.2, 0.25) is 0 Å². The highest BCUT2D eigenvalue weighted by molar-refractivity contribution is 7.98. The summed E-state index contributed by atoms with van der Waals surface area (Å²) < 4.78 is 6.19. The lowest BCUT2D eigenvalue weighted by Gasteiger charge is -2.04. The van der Waals surface area contributed by atoms with Crippen molar-refractivity contribution in [3.8, 4) is 0 Å². The van der Waals surface area contributed by atoms with Gasteiger partial charge in [0.15, 0.2) is 5.16 Å². The van der Waals surface area contributed by atoms with E-state index in [1.54, 1.807) is 17.8 Å². The summed E-state index contributed by atoms with van der Waals surface area (Å²) in [4.78, 5) is 1.25. The van der Waals surface area contributed by atoms with Crippen LogP contribution in [-0.2, 0) is 12.3 Å². The minimum atomic E-state index is 0.425. The molecule has 2 heterocycles. The van der Waals surface area contributed by atoms with Gasteiger partial charge in [-0.25, -0.2) is 0 Å². The fourth-order valence-electron chi connectivity index (χ4n) is 1.55. The average Bonchev–Trinajstić information content (AvgIpc) is 2.84. The number of nitrogens with two attached hydrogens (primary N) is 1. The summed E-state index contributed by atoms with van der Waals surface area (Å²) in [5, 5.41) is 8.79. The third kappa shape index (κ3) is 2.56. The Morgan fingerprint density at radius 3 is 2.83 bits per heavy atom. The third-order valence-electron chi connectivity index (χ3n) is 2.58. The largest absolute Gasteiger partial charge is 0.368 e. The van der Waals surface area contributed by atoms with Gasteiger partial charge in [-0.1, -0.05) is 17.8 Å². The smallest absolute Gasteiger partial charge is 0.222 e. The zero-order valence-corrected chi connectivity index (χ0v) is 12.0. The van der Waals surface area contributed by atoms with E-state index in [2.05, 4.69) is 28.1 Å². The second-order valence-electron chi connectivity index (χ2n) is 3.83. The molecule has 0 spiro atoms. The van der Waals surface area contributed by atoms with E-state index >= 15 is 0 Å². The van der Waals surface area contributed by atoms with Crippen molar-refractivity contribution in [2.45, 2.75) is 31.3 Å². The predicted octanol–water partition coefficient (Wildman–Crippen LogP) is 2.41. The van der Waals surface area contributed by atoms with Crippen molar-refractivity contribution >= 4 is 29.2 Å². The SMILES string of the molecule is C=CCn1c(N)nnc1SCc1c(C)nsc1C. The number of allylic oxidation sites excluding steroid dienone is 1. The van der Waals surface area contributed by atoms with E-state index in [0.717, 1.165) is 16.6 Å². The van der Waals surface area contributed by atoms with Gasteiger partial charge in [0.25, 0.3) is 0 Å². The van der Waals surface area contributed by atoms with E-state index in [1.165, 1.54) is 22.0 Å². The van der Waals surface area contributed by atoms with E-state index < -0.39 is 0 Å². The van der Waals surface area contributed by atoms with E-state index in [-0.39, 0.29) is 0 Å². The first-order chi connectivity index (χ1) is 8.63. The molecule has 0 aliphatic heterocycles. The average molecular weight is 281 g/mol. The van der Waals surface area contributed by atoms with Crippen LogP contribution in [0.3, 0.4) is 0 Å². The minimum absolute atomic E-state index is 0.425. The molecule has 96 valence electrons. The minimum Gasteiger partial charge on any atom is -0.368 e. The predicted molar refractivity (Wildman–Crippen MR) is 75.8 cm³/mol. The molecule has 0 saturated heterocycles. The molecule has 0 fully saturated rings. The first-order valence-electron chi connectivity index (χ1n) is 5.47. The number of aromatic nitrogens is 4. The molecule has 0 aliphatic rings. The van der Waals surface area contributed by atoms with Gasteiger partial charge in [-0.3, -0.25) is 4.57 Å². The highest BCUT2D eigenvalue weighted by atomic mass is 32.2. The van der Waals surface area contributed by atoms with E-state index in [1.807, 2.05) is 11.5 Å². The standard InChI is InChI=1S/C11H15N5S2/c1-4-5-16-10(12)13-14-11(16)17-6-9-7(2)15-18-8(9)3/h4H,1,5-6H2,2-3H3,(H2,12,13). The number of hydrogen-bond donors (Lipinski definition) is 1. The third-order valence-corrected chi connectivity index (χ3v) is 4.46. The van der Waals surface area contributed by atoms with Gasteiger partial charge in [0, 0.05) is 17.2 Å². The molecule has 0 unspecified atom stereocenters. The lowest BCUT2D eigenvalue weighted by molar-refractivity contribution is 0.733. The second kappa shape index (κ2) is 5.53. The Morgan fingerprint density at radius 1 is 1.44 bits per heavy atom. The van der Waals surface area contributed by atoms with Crippen molar-refractivity contribution in [2.24, 2.45) is 0 Å². The fraction of sp³-hybridized carbons (Fsp3) is 0.364. The Balaban J connectivity index is 2.13. The molecule has 0 aliphatic carbocycles. The Hall–Kier alpha value is -1.34. The number of aryl methyl sites for hydroxylation is 2. The molecule has 2 N–H and O–H groups in total. The van der Waals surface area contributed by atoms with Crippen molar-refractivity contribution < 1.29 is 0 Å². The maximum absolute atomic E-state index is 5.75. The lowest BCUT2D eigenvalue weighted by Crippen LogP contribution is -2.03. The summed E-state index contributed by atoms with van der Waals surface area (Å²) >= 11 is 3.16. The number of anilines is 1. The Labute approximate surface area is 114 Å². The highest BCUT2D eigenvalue weighted by Gasteiger charge is 2.12. The van der Waals surface area contributed by atoms with E-state index in [9.17, 15) is 0 Å². The molecule has 0 aromatic carbocycles. The molecule has 0 amide bonds. The fourth-order valence-corrected chi connectivity index (χ4v) is 3.48. The van der Waals surface area contributed by atoms with E-state index in [0.29, 0.717) is 12.5 Å². The van der Waals surface area contributed by atoms with Crippen LogP contribution in [0.5, 0.6) is 0 Å². The van der Waals surface area contributed by atoms with Gasteiger partial charge in [-0.15, -0.1) is 16.8 Å². The maximum atomic E-state index is 5.75. The quantitative estimate of drug-likeness (QED) is 0.673. The monoisotopic (exact) mass is 281 g/mol. The van der Waals surface area contributed by atoms with Crippen molar-refractivity contribution in [1.82, 2.24) is 19.1 Å². The van der Waals surface area contributed by atoms with Crippen molar-refractivity contribution in [2.75, 3.05) is 5.73 Å². The van der Waals surface area contributed by atoms with Crippen LogP contribution in [0.4, 0.5) is 5.95 Å². The van der Waals surface area contributed by atoms with Crippen LogP contribution in [-0.4, -0.2) is 19.1 Å². The molecule has 2 rings (SSSR count). The summed E-state index contributed by atoms with van der Waals surface area (Å²) in [6, 6.07) is 0. The van der Waals surface area contributed by atoms with Crippen molar-refractivity contribution in [3.05, 3.63) is 28.8 Å². The first-order valence-corrected chi connectivity index (χ1v) is 7.23. The molecule has 2 aromatic rings. The maximum Gasteiger partial charge on any atom is 0.222 e. The number of hydrogen-bond acceptors (Lipinski definition) is 6. The molecular formula is C11H15N5S2. The van der Waals surface area contributed by atoms with Crippen LogP contribution < -0.4 is 5.73 Å². The lowest BCUT2D eigenvalue weighted by atomic mass is 10.2. The summed E-state index contributed by atoms with van der Waals surface area (Å²) in [6.45, 7) is 8.45. The van der Waals surface area contributed by atoms with Crippen LogP contribution in [0.15, 0.2) is 17.8 Å². The molecule has 2 aromatic heterocycles. The number of rotatable bonds is 5. The highest BCUT2D eigenvalue weighted by Crippen LogP contribution is 2.27. The van der Waals surface area contributed by atoms with Gasteiger partial charge in [-0.2, -0.15) is 4.37 Å². The molecule has 7 heteroatoms. The first kappa shape index (κ1) is 13.1. The normalized spacial score (nSPS) is 10.8. The Morgan fingerprint density at radius 2 is 2.22 bits per heavy atom. The number of nitrogen functional groups attached to an aromatic ring is 1. The van der Waals surface area contributed by atoms with Crippen LogP contribution in [0.1, 0.15) is 16.1 Å². The zero-order valence-electron chi connectivity index (χ0n) is 10.4. The summed E-state index contributed by atoms with van der Waals surface area (Å²) in [5.74, 6) is 1.26. The van der Waals surface area contributed by atoms with Gasteiger partial charge in [-0.05, 0) is 30.9 Å². The van der Waals surface area contributed by atoms with Crippen LogP contribution in [0, 0.1) is 13.8 Å². The van der Waals surface area contributed by atoms with Crippen LogP contribution in [0.25, 0.3) is 0 Å². The number of nitrogens with zero attached hydrogens (tertiary/aromatic N) is 4. The summed E-state index contributed by atoms with van der Waals surface area (Å²) in [5.41, 5.74) is 8.12. The van der Waals surface area contributed by atoms with Gasteiger partial charge < -0.3 is 5.73 Å². The molecule has 0 saturated carbocycles. The van der Waals surface area contributed by atoms with Gasteiger partial charge in [0.1, 0.15) is 0 Å². The Bertz CT molecular complexity index is 538. The molecule has 5 nitrogen and oxygen atoms in total. The van der Waals surface area contributed by atoms with E-state index in [4.69, 9.17) is 5.73 Å². The second-order valence-corrected chi connectivity index (χ2v) is 5.75. The van der Waals surface area contributed by atoms with Crippen molar-refractivity contribution in [3.63, 3.8) is 0 Å². The van der Waals surface area contributed by atoms with Crippen molar-refractivity contribution in [1.29, 1.82) is 0 Å². The molecule has 18 heavy (non-hydrogen) atoms. The summed E-state index contributed by atoms with van der Waals surface area (Å²) in [6.07, 6.45) is 1.78. The molecule has 0 atom stereocenters. The Kier molecular flexibility index (Phi) is 4.03. The molecule has 0 radical (unpaired) electrons. The number of thioether (sulfide) groups is 1. The summed E-state index contributed by atoms with van der Waals surface area (Å²) in [7, 11) is 0. The van der Waals surface area contributed by atoms with Gasteiger partial charge in [0.05, 0.1) is 5.69 Å². The molecular weight excluding hydrogens is 266 g/mol. The topological polar surface area (TPSA) is 69.6 Å². The molecule has 0 bridgehead atoms. The van der Waals surface area contributed by atoms with Gasteiger partial charge >= 0.3 is 0 Å². The van der Waals surface area contributed by atoms with Gasteiger partial charge in [0.2, 0.25) is 5.95 Å².